The average Bonchev–Trinajstić information content (AvgIpc) is 2.36. The topological polar surface area (TPSA) is 35.2 Å². The van der Waals surface area contributed by atoms with E-state index < -0.39 is 0 Å². The molecule has 0 fully saturated rings. The van der Waals surface area contributed by atoms with Crippen LogP contribution in [0.5, 0.6) is 5.75 Å². The second-order valence-corrected chi connectivity index (χ2v) is 5.65. The zero-order valence-electron chi connectivity index (χ0n) is 10.3. The first-order chi connectivity index (χ1) is 9.13. The predicted octanol–water partition coefficient (Wildman–Crippen LogP) is 3.86. The van der Waals surface area contributed by atoms with E-state index in [0.29, 0.717) is 18.0 Å². The van der Waals surface area contributed by atoms with Crippen molar-refractivity contribution >= 4 is 33.1 Å². The molecule has 2 aromatic rings. The Kier molecular flexibility index (Phi) is 4.93. The van der Waals surface area contributed by atoms with Crippen LogP contribution < -0.4 is 10.5 Å². The van der Waals surface area contributed by atoms with E-state index in [1.165, 1.54) is 0 Å². The molecule has 2 N–H and O–H groups in total. The zero-order chi connectivity index (χ0) is 13.7. The first-order valence-corrected chi connectivity index (χ1v) is 7.08. The summed E-state index contributed by atoms with van der Waals surface area (Å²) in [5.74, 6) is 0.810. The van der Waals surface area contributed by atoms with Crippen molar-refractivity contribution in [2.75, 3.05) is 0 Å². The fraction of sp³-hybridized carbons (Fsp3) is 0.133. The van der Waals surface area contributed by atoms with Gasteiger partial charge < -0.3 is 10.5 Å². The van der Waals surface area contributed by atoms with Crippen LogP contribution in [0.15, 0.2) is 53.0 Å². The molecule has 2 nitrogen and oxygen atoms in total. The van der Waals surface area contributed by atoms with E-state index in [9.17, 15) is 0 Å². The monoisotopic (exact) mass is 335 g/mol. The summed E-state index contributed by atoms with van der Waals surface area (Å²) in [6.07, 6.45) is 0.580. The van der Waals surface area contributed by atoms with Gasteiger partial charge in [0, 0.05) is 10.9 Å². The molecule has 2 rings (SSSR count). The Bertz CT molecular complexity index is 572. The highest BCUT2D eigenvalue weighted by atomic mass is 79.9. The molecular weight excluding hydrogens is 322 g/mol. The highest BCUT2D eigenvalue weighted by molar-refractivity contribution is 9.10. The van der Waals surface area contributed by atoms with E-state index in [1.807, 2.05) is 48.5 Å². The molecule has 0 aliphatic heterocycles. The Morgan fingerprint density at radius 2 is 1.84 bits per heavy atom. The van der Waals surface area contributed by atoms with E-state index in [1.54, 1.807) is 0 Å². The molecule has 0 radical (unpaired) electrons. The Labute approximate surface area is 126 Å². The molecule has 0 aliphatic carbocycles. The maximum absolute atomic E-state index is 5.78. The second kappa shape index (κ2) is 6.68. The minimum atomic E-state index is 0.479. The molecule has 0 saturated carbocycles. The SMILES string of the molecule is NC(=S)Cc1cc(Br)cc(OCc2ccccc2)c1. The Morgan fingerprint density at radius 1 is 1.11 bits per heavy atom. The highest BCUT2D eigenvalue weighted by Crippen LogP contribution is 2.22. The standard InChI is InChI=1S/C15H14BrNOS/c16-13-6-12(8-15(17)19)7-14(9-13)18-10-11-4-2-1-3-5-11/h1-7,9H,8,10H2,(H2,17,19). The van der Waals surface area contributed by atoms with Crippen LogP contribution in [0.4, 0.5) is 0 Å². The largest absolute Gasteiger partial charge is 0.489 e. The first kappa shape index (κ1) is 14.0. The van der Waals surface area contributed by atoms with Crippen molar-refractivity contribution in [2.45, 2.75) is 13.0 Å². The van der Waals surface area contributed by atoms with Gasteiger partial charge in [0.25, 0.3) is 0 Å². The summed E-state index contributed by atoms with van der Waals surface area (Å²) >= 11 is 8.39. The van der Waals surface area contributed by atoms with Gasteiger partial charge in [-0.15, -0.1) is 0 Å². The fourth-order valence-electron chi connectivity index (χ4n) is 1.75. The van der Waals surface area contributed by atoms with Gasteiger partial charge in [0.1, 0.15) is 12.4 Å². The van der Waals surface area contributed by atoms with Gasteiger partial charge in [-0.3, -0.25) is 0 Å². The van der Waals surface area contributed by atoms with Crippen LogP contribution in [0.1, 0.15) is 11.1 Å². The summed E-state index contributed by atoms with van der Waals surface area (Å²) in [5.41, 5.74) is 7.75. The molecule has 0 atom stereocenters. The average molecular weight is 336 g/mol. The van der Waals surface area contributed by atoms with Crippen molar-refractivity contribution in [3.05, 3.63) is 64.1 Å². The van der Waals surface area contributed by atoms with Gasteiger partial charge in [-0.05, 0) is 29.3 Å². The molecule has 0 aliphatic rings. The molecule has 0 spiro atoms. The smallest absolute Gasteiger partial charge is 0.121 e. The lowest BCUT2D eigenvalue weighted by molar-refractivity contribution is 0.306. The van der Waals surface area contributed by atoms with E-state index in [0.717, 1.165) is 21.3 Å². The van der Waals surface area contributed by atoms with Crippen molar-refractivity contribution in [1.82, 2.24) is 0 Å². The normalized spacial score (nSPS) is 10.2. The van der Waals surface area contributed by atoms with Gasteiger partial charge in [0.2, 0.25) is 0 Å². The summed E-state index contributed by atoms with van der Waals surface area (Å²) in [6.45, 7) is 0.545. The molecule has 0 heterocycles. The maximum atomic E-state index is 5.78. The van der Waals surface area contributed by atoms with E-state index >= 15 is 0 Å². The van der Waals surface area contributed by atoms with Crippen LogP contribution in [0, 0.1) is 0 Å². The Morgan fingerprint density at radius 3 is 2.53 bits per heavy atom. The number of halogens is 1. The molecule has 4 heteroatoms. The molecule has 0 amide bonds. The fourth-order valence-corrected chi connectivity index (χ4v) is 2.43. The molecule has 19 heavy (non-hydrogen) atoms. The number of hydrogen-bond acceptors (Lipinski definition) is 2. The van der Waals surface area contributed by atoms with Gasteiger partial charge in [-0.25, -0.2) is 0 Å². The molecule has 0 aromatic heterocycles. The van der Waals surface area contributed by atoms with Crippen LogP contribution >= 0.6 is 28.1 Å². The Hall–Kier alpha value is -1.39. The van der Waals surface area contributed by atoms with Crippen LogP contribution in [0.2, 0.25) is 0 Å². The molecule has 0 saturated heterocycles. The third-order valence-corrected chi connectivity index (χ3v) is 3.16. The van der Waals surface area contributed by atoms with Crippen molar-refractivity contribution in [1.29, 1.82) is 0 Å². The van der Waals surface area contributed by atoms with Gasteiger partial charge >= 0.3 is 0 Å². The predicted molar refractivity (Wildman–Crippen MR) is 85.4 cm³/mol. The molecular formula is C15H14BrNOS. The summed E-state index contributed by atoms with van der Waals surface area (Å²) in [6, 6.07) is 16.0. The van der Waals surface area contributed by atoms with Gasteiger partial charge in [0.05, 0.1) is 4.99 Å². The van der Waals surface area contributed by atoms with Crippen molar-refractivity contribution in [3.8, 4) is 5.75 Å². The van der Waals surface area contributed by atoms with Crippen LogP contribution in [0.25, 0.3) is 0 Å². The first-order valence-electron chi connectivity index (χ1n) is 5.88. The summed E-state index contributed by atoms with van der Waals surface area (Å²) in [7, 11) is 0. The summed E-state index contributed by atoms with van der Waals surface area (Å²) < 4.78 is 6.74. The number of ether oxygens (including phenoxy) is 1. The number of hydrogen-bond donors (Lipinski definition) is 1. The van der Waals surface area contributed by atoms with Crippen LogP contribution in [-0.4, -0.2) is 4.99 Å². The lowest BCUT2D eigenvalue weighted by atomic mass is 10.1. The summed E-state index contributed by atoms with van der Waals surface area (Å²) in [5, 5.41) is 0. The zero-order valence-corrected chi connectivity index (χ0v) is 12.7. The minimum Gasteiger partial charge on any atom is -0.489 e. The van der Waals surface area contributed by atoms with Crippen molar-refractivity contribution < 1.29 is 4.74 Å². The van der Waals surface area contributed by atoms with Crippen LogP contribution in [0.3, 0.4) is 0 Å². The van der Waals surface area contributed by atoms with E-state index in [2.05, 4.69) is 15.9 Å². The molecule has 98 valence electrons. The number of thiocarbonyl (C=S) groups is 1. The second-order valence-electron chi connectivity index (χ2n) is 4.21. The Balaban J connectivity index is 2.07. The van der Waals surface area contributed by atoms with Gasteiger partial charge in [0.15, 0.2) is 0 Å². The number of nitrogens with two attached hydrogens (primary N) is 1. The third-order valence-electron chi connectivity index (χ3n) is 2.56. The highest BCUT2D eigenvalue weighted by Gasteiger charge is 2.02. The van der Waals surface area contributed by atoms with E-state index in [4.69, 9.17) is 22.7 Å². The lowest BCUT2D eigenvalue weighted by Crippen LogP contribution is -2.11. The minimum absolute atomic E-state index is 0.479. The van der Waals surface area contributed by atoms with E-state index in [-0.39, 0.29) is 0 Å². The van der Waals surface area contributed by atoms with Crippen molar-refractivity contribution in [3.63, 3.8) is 0 Å². The lowest BCUT2D eigenvalue weighted by Gasteiger charge is -2.09. The van der Waals surface area contributed by atoms with Crippen LogP contribution in [-0.2, 0) is 13.0 Å². The quantitative estimate of drug-likeness (QED) is 0.842. The van der Waals surface area contributed by atoms with Gasteiger partial charge in [-0.2, -0.15) is 0 Å². The molecule has 0 unspecified atom stereocenters. The third kappa shape index (κ3) is 4.65. The number of rotatable bonds is 5. The van der Waals surface area contributed by atoms with Crippen molar-refractivity contribution in [2.24, 2.45) is 5.73 Å². The van der Waals surface area contributed by atoms with Gasteiger partial charge in [-0.1, -0.05) is 58.5 Å². The summed E-state index contributed by atoms with van der Waals surface area (Å²) in [4.78, 5) is 0.479. The number of benzene rings is 2. The molecule has 2 aromatic carbocycles. The maximum Gasteiger partial charge on any atom is 0.121 e. The molecule has 0 bridgehead atoms.